The number of halogens is 1. The van der Waals surface area contributed by atoms with E-state index in [0.717, 1.165) is 21.3 Å². The highest BCUT2D eigenvalue weighted by atomic mass is 35.5. The lowest BCUT2D eigenvalue weighted by Crippen LogP contribution is -2.23. The Kier molecular flexibility index (Phi) is 4.37. The number of nitrogens with zero attached hydrogens (tertiary/aromatic N) is 3. The van der Waals surface area contributed by atoms with Gasteiger partial charge in [0.2, 0.25) is 0 Å². The van der Waals surface area contributed by atoms with Gasteiger partial charge < -0.3 is 10.3 Å². The van der Waals surface area contributed by atoms with Crippen molar-refractivity contribution in [1.82, 2.24) is 15.0 Å². The molecule has 3 rings (SSSR count). The van der Waals surface area contributed by atoms with Crippen molar-refractivity contribution >= 4 is 57.4 Å². The lowest BCUT2D eigenvalue weighted by molar-refractivity contribution is 0.848. The standard InChI is InChI=1S/C14H12ClN5S2/c15-13-17-6-10(22-13)8-20-7-9(5-18-19-14(16)21)11-3-1-2-4-12(11)20/h1-7H,8H2,(H3,16,19,21)/b18-5-. The van der Waals surface area contributed by atoms with Crippen molar-refractivity contribution < 1.29 is 0 Å². The summed E-state index contributed by atoms with van der Waals surface area (Å²) in [7, 11) is 0. The summed E-state index contributed by atoms with van der Waals surface area (Å²) in [5.74, 6) is 0. The van der Waals surface area contributed by atoms with E-state index in [1.165, 1.54) is 11.3 Å². The predicted molar refractivity (Wildman–Crippen MR) is 95.7 cm³/mol. The van der Waals surface area contributed by atoms with Gasteiger partial charge in [-0.3, -0.25) is 5.43 Å². The Morgan fingerprint density at radius 2 is 2.32 bits per heavy atom. The van der Waals surface area contributed by atoms with E-state index in [-0.39, 0.29) is 5.11 Å². The van der Waals surface area contributed by atoms with Crippen LogP contribution in [0.1, 0.15) is 10.4 Å². The van der Waals surface area contributed by atoms with Crippen LogP contribution < -0.4 is 11.2 Å². The van der Waals surface area contributed by atoms with Crippen LogP contribution in [0.3, 0.4) is 0 Å². The van der Waals surface area contributed by atoms with Crippen molar-refractivity contribution in [3.05, 3.63) is 51.6 Å². The molecule has 0 aliphatic carbocycles. The molecule has 0 saturated carbocycles. The third kappa shape index (κ3) is 3.27. The van der Waals surface area contributed by atoms with E-state index in [0.29, 0.717) is 11.0 Å². The van der Waals surface area contributed by atoms with Gasteiger partial charge in [-0.15, -0.1) is 11.3 Å². The van der Waals surface area contributed by atoms with Crippen molar-refractivity contribution in [3.8, 4) is 0 Å². The van der Waals surface area contributed by atoms with Gasteiger partial charge in [-0.05, 0) is 18.3 Å². The molecule has 0 atom stereocenters. The van der Waals surface area contributed by atoms with Crippen LogP contribution in [0.15, 0.2) is 41.8 Å². The van der Waals surface area contributed by atoms with Crippen LogP contribution >= 0.6 is 35.2 Å². The van der Waals surface area contributed by atoms with Crippen molar-refractivity contribution in [1.29, 1.82) is 0 Å². The maximum atomic E-state index is 5.89. The number of nitrogens with two attached hydrogens (primary N) is 1. The summed E-state index contributed by atoms with van der Waals surface area (Å²) in [6.45, 7) is 0.710. The van der Waals surface area contributed by atoms with E-state index in [1.807, 2.05) is 24.4 Å². The second kappa shape index (κ2) is 6.43. The Morgan fingerprint density at radius 3 is 3.05 bits per heavy atom. The molecule has 8 heteroatoms. The molecule has 3 N–H and O–H groups in total. The van der Waals surface area contributed by atoms with Crippen LogP contribution in [0.2, 0.25) is 4.47 Å². The number of hydrogen-bond donors (Lipinski definition) is 2. The molecule has 0 aliphatic rings. The van der Waals surface area contributed by atoms with E-state index in [4.69, 9.17) is 29.6 Å². The van der Waals surface area contributed by atoms with Gasteiger partial charge in [0, 0.05) is 33.7 Å². The minimum Gasteiger partial charge on any atom is -0.375 e. The Bertz CT molecular complexity index is 852. The topological polar surface area (TPSA) is 68.2 Å². The number of benzene rings is 1. The Hall–Kier alpha value is -1.96. The van der Waals surface area contributed by atoms with Gasteiger partial charge in [-0.1, -0.05) is 29.8 Å². The monoisotopic (exact) mass is 349 g/mol. The molecule has 0 amide bonds. The number of aromatic nitrogens is 2. The second-order valence-corrected chi connectivity index (χ2v) is 6.68. The zero-order chi connectivity index (χ0) is 15.5. The molecule has 2 aromatic heterocycles. The maximum Gasteiger partial charge on any atom is 0.184 e. The van der Waals surface area contributed by atoms with E-state index in [2.05, 4.69) is 26.1 Å². The van der Waals surface area contributed by atoms with Gasteiger partial charge in [0.05, 0.1) is 12.8 Å². The van der Waals surface area contributed by atoms with Crippen LogP contribution in [0.4, 0.5) is 0 Å². The van der Waals surface area contributed by atoms with E-state index in [1.54, 1.807) is 12.4 Å². The lowest BCUT2D eigenvalue weighted by Gasteiger charge is -2.01. The van der Waals surface area contributed by atoms with Gasteiger partial charge in [-0.2, -0.15) is 5.10 Å². The molecule has 0 radical (unpaired) electrons. The molecular weight excluding hydrogens is 338 g/mol. The van der Waals surface area contributed by atoms with Gasteiger partial charge in [0.25, 0.3) is 0 Å². The number of hydrogen-bond acceptors (Lipinski definition) is 4. The normalized spacial score (nSPS) is 11.3. The molecule has 112 valence electrons. The third-order valence-corrected chi connectivity index (χ3v) is 4.24. The van der Waals surface area contributed by atoms with Crippen molar-refractivity contribution in [2.75, 3.05) is 0 Å². The summed E-state index contributed by atoms with van der Waals surface area (Å²) in [4.78, 5) is 5.17. The Labute approximate surface area is 141 Å². The molecule has 1 aromatic carbocycles. The molecule has 5 nitrogen and oxygen atoms in total. The first-order valence-corrected chi connectivity index (χ1v) is 8.00. The number of rotatable bonds is 4. The highest BCUT2D eigenvalue weighted by molar-refractivity contribution is 7.80. The molecule has 0 bridgehead atoms. The fourth-order valence-electron chi connectivity index (χ4n) is 2.20. The smallest absolute Gasteiger partial charge is 0.184 e. The highest BCUT2D eigenvalue weighted by Crippen LogP contribution is 2.24. The summed E-state index contributed by atoms with van der Waals surface area (Å²) in [5.41, 5.74) is 10.0. The van der Waals surface area contributed by atoms with Gasteiger partial charge in [-0.25, -0.2) is 4.98 Å². The van der Waals surface area contributed by atoms with E-state index in [9.17, 15) is 0 Å². The molecule has 3 aromatic rings. The van der Waals surface area contributed by atoms with E-state index >= 15 is 0 Å². The Morgan fingerprint density at radius 1 is 1.50 bits per heavy atom. The average Bonchev–Trinajstić information content (AvgIpc) is 3.04. The number of para-hydroxylation sites is 1. The number of thiazole rings is 1. The second-order valence-electron chi connectivity index (χ2n) is 4.54. The number of nitrogens with one attached hydrogen (secondary N) is 1. The molecule has 2 heterocycles. The lowest BCUT2D eigenvalue weighted by atomic mass is 10.2. The predicted octanol–water partition coefficient (Wildman–Crippen LogP) is 2.97. The fraction of sp³-hybridized carbons (Fsp3) is 0.0714. The summed E-state index contributed by atoms with van der Waals surface area (Å²) in [5, 5.41) is 5.27. The van der Waals surface area contributed by atoms with Crippen LogP contribution in [-0.4, -0.2) is 20.9 Å². The van der Waals surface area contributed by atoms with E-state index < -0.39 is 0 Å². The van der Waals surface area contributed by atoms with Crippen LogP contribution in [-0.2, 0) is 6.54 Å². The minimum atomic E-state index is 0.138. The average molecular weight is 350 g/mol. The van der Waals surface area contributed by atoms with Gasteiger partial charge >= 0.3 is 0 Å². The molecule has 0 unspecified atom stereocenters. The molecule has 0 aliphatic heterocycles. The van der Waals surface area contributed by atoms with Crippen molar-refractivity contribution in [2.24, 2.45) is 10.8 Å². The molecule has 0 fully saturated rings. The quantitative estimate of drug-likeness (QED) is 0.431. The first-order chi connectivity index (χ1) is 10.6. The van der Waals surface area contributed by atoms with Crippen LogP contribution in [0, 0.1) is 0 Å². The highest BCUT2D eigenvalue weighted by Gasteiger charge is 2.08. The SMILES string of the molecule is NC(=S)N/N=C\c1cn(Cc2cnc(Cl)s2)c2ccccc12. The summed E-state index contributed by atoms with van der Waals surface area (Å²) < 4.78 is 2.69. The molecule has 0 saturated heterocycles. The van der Waals surface area contributed by atoms with Crippen LogP contribution in [0.25, 0.3) is 10.9 Å². The number of hydrazone groups is 1. The van der Waals surface area contributed by atoms with Gasteiger partial charge in [0.1, 0.15) is 0 Å². The summed E-state index contributed by atoms with van der Waals surface area (Å²) >= 11 is 12.1. The fourth-order valence-corrected chi connectivity index (χ4v) is 3.23. The first-order valence-electron chi connectivity index (χ1n) is 6.40. The minimum absolute atomic E-state index is 0.138. The zero-order valence-corrected chi connectivity index (χ0v) is 13.8. The van der Waals surface area contributed by atoms with Crippen molar-refractivity contribution in [2.45, 2.75) is 6.54 Å². The summed E-state index contributed by atoms with van der Waals surface area (Å²) in [6.07, 6.45) is 5.53. The number of fused-ring (bicyclic) bond motifs is 1. The van der Waals surface area contributed by atoms with Crippen LogP contribution in [0.5, 0.6) is 0 Å². The Balaban J connectivity index is 1.96. The first kappa shape index (κ1) is 15.0. The number of thiocarbonyl (C=S) groups is 1. The molecule has 22 heavy (non-hydrogen) atoms. The summed E-state index contributed by atoms with van der Waals surface area (Å²) in [6, 6.07) is 8.12. The third-order valence-electron chi connectivity index (χ3n) is 3.05. The largest absolute Gasteiger partial charge is 0.375 e. The maximum absolute atomic E-state index is 5.89. The van der Waals surface area contributed by atoms with Crippen molar-refractivity contribution in [3.63, 3.8) is 0 Å². The van der Waals surface area contributed by atoms with Gasteiger partial charge in [0.15, 0.2) is 9.58 Å². The molecular formula is C14H12ClN5S2. The molecule has 0 spiro atoms. The zero-order valence-electron chi connectivity index (χ0n) is 11.4.